The van der Waals surface area contributed by atoms with E-state index < -0.39 is 0 Å². The van der Waals surface area contributed by atoms with E-state index in [-0.39, 0.29) is 12.2 Å². The van der Waals surface area contributed by atoms with Crippen LogP contribution in [0.25, 0.3) is 0 Å². The van der Waals surface area contributed by atoms with Crippen LogP contribution in [0.1, 0.15) is 57.7 Å². The van der Waals surface area contributed by atoms with E-state index in [9.17, 15) is 4.79 Å². The van der Waals surface area contributed by atoms with E-state index in [4.69, 9.17) is 0 Å². The van der Waals surface area contributed by atoms with Crippen LogP contribution in [0, 0.1) is 5.92 Å². The third kappa shape index (κ3) is 2.51. The summed E-state index contributed by atoms with van der Waals surface area (Å²) in [5.41, 5.74) is 1.25. The van der Waals surface area contributed by atoms with Crippen LogP contribution in [-0.4, -0.2) is 22.9 Å². The summed E-state index contributed by atoms with van der Waals surface area (Å²) in [6.45, 7) is 4.41. The molecule has 2 aliphatic rings. The fraction of sp³-hybridized carbons (Fsp3) is 0.688. The smallest absolute Gasteiger partial charge is 0.241 e. The lowest BCUT2D eigenvalue weighted by atomic mass is 9.86. The van der Waals surface area contributed by atoms with Gasteiger partial charge in [-0.15, -0.1) is 0 Å². The molecule has 1 saturated carbocycles. The topological polar surface area (TPSA) is 32.3 Å². The standard InChI is InChI=1S/C16H24N2OS/c1-3-14-16(19)18(13-6-4-5-11(2)9-13)15(17-14)12-7-8-20-10-12/h7-8,10-11,13-15,17H,3-6,9H2,1-2H3. The predicted molar refractivity (Wildman–Crippen MR) is 82.5 cm³/mol. The number of hydrogen-bond donors (Lipinski definition) is 1. The molecule has 110 valence electrons. The summed E-state index contributed by atoms with van der Waals surface area (Å²) in [6.07, 6.45) is 5.85. The predicted octanol–water partition coefficient (Wildman–Crippen LogP) is 3.54. The van der Waals surface area contributed by atoms with Crippen molar-refractivity contribution in [2.45, 2.75) is 64.2 Å². The molecule has 1 aromatic heterocycles. The van der Waals surface area contributed by atoms with Crippen molar-refractivity contribution in [1.29, 1.82) is 0 Å². The first-order valence-electron chi connectivity index (χ1n) is 7.81. The molecule has 20 heavy (non-hydrogen) atoms. The molecule has 1 N–H and O–H groups in total. The van der Waals surface area contributed by atoms with Crippen molar-refractivity contribution in [1.82, 2.24) is 10.2 Å². The van der Waals surface area contributed by atoms with Crippen LogP contribution in [0.4, 0.5) is 0 Å². The van der Waals surface area contributed by atoms with Crippen LogP contribution in [0.2, 0.25) is 0 Å². The third-order valence-corrected chi connectivity index (χ3v) is 5.46. The second-order valence-electron chi connectivity index (χ2n) is 6.26. The number of carbonyl (C=O) groups excluding carboxylic acids is 1. The minimum atomic E-state index is -0.00265. The lowest BCUT2D eigenvalue weighted by Crippen LogP contribution is -2.42. The summed E-state index contributed by atoms with van der Waals surface area (Å²) >= 11 is 1.71. The number of carbonyl (C=O) groups is 1. The molecule has 4 atom stereocenters. The normalized spacial score (nSPS) is 34.7. The highest BCUT2D eigenvalue weighted by Crippen LogP contribution is 2.36. The Bertz CT molecular complexity index is 459. The summed E-state index contributed by atoms with van der Waals surface area (Å²) < 4.78 is 0. The zero-order chi connectivity index (χ0) is 14.1. The maximum absolute atomic E-state index is 12.7. The van der Waals surface area contributed by atoms with Gasteiger partial charge in [-0.25, -0.2) is 0 Å². The fourth-order valence-corrected chi connectivity index (χ4v) is 4.35. The van der Waals surface area contributed by atoms with Gasteiger partial charge in [0.2, 0.25) is 5.91 Å². The SMILES string of the molecule is CCC1NC(c2ccsc2)N(C2CCCC(C)C2)C1=O. The third-order valence-electron chi connectivity index (χ3n) is 4.76. The Kier molecular flexibility index (Phi) is 4.13. The molecule has 1 saturated heterocycles. The van der Waals surface area contributed by atoms with Gasteiger partial charge in [-0.05, 0) is 47.6 Å². The van der Waals surface area contributed by atoms with Crippen LogP contribution in [0.15, 0.2) is 16.8 Å². The maximum atomic E-state index is 12.7. The van der Waals surface area contributed by atoms with Gasteiger partial charge >= 0.3 is 0 Å². The quantitative estimate of drug-likeness (QED) is 0.924. The minimum Gasteiger partial charge on any atom is -0.319 e. The summed E-state index contributed by atoms with van der Waals surface area (Å²) in [6, 6.07) is 2.56. The maximum Gasteiger partial charge on any atom is 0.241 e. The summed E-state index contributed by atoms with van der Waals surface area (Å²) in [5, 5.41) is 7.81. The molecule has 3 nitrogen and oxygen atoms in total. The van der Waals surface area contributed by atoms with Crippen molar-refractivity contribution in [3.8, 4) is 0 Å². The Balaban J connectivity index is 1.85. The Morgan fingerprint density at radius 1 is 1.45 bits per heavy atom. The Morgan fingerprint density at radius 2 is 2.30 bits per heavy atom. The average Bonchev–Trinajstić information content (AvgIpc) is 3.05. The molecular weight excluding hydrogens is 268 g/mol. The van der Waals surface area contributed by atoms with Gasteiger partial charge < -0.3 is 4.90 Å². The zero-order valence-electron chi connectivity index (χ0n) is 12.3. The molecule has 0 aromatic carbocycles. The van der Waals surface area contributed by atoms with E-state index in [2.05, 4.69) is 40.9 Å². The lowest BCUT2D eigenvalue weighted by molar-refractivity contribution is -0.133. The molecule has 0 radical (unpaired) electrons. The minimum absolute atomic E-state index is 0.00265. The van der Waals surface area contributed by atoms with Crippen molar-refractivity contribution in [2.24, 2.45) is 5.92 Å². The van der Waals surface area contributed by atoms with Crippen molar-refractivity contribution in [3.05, 3.63) is 22.4 Å². The van der Waals surface area contributed by atoms with Gasteiger partial charge in [-0.2, -0.15) is 11.3 Å². The van der Waals surface area contributed by atoms with Crippen molar-refractivity contribution < 1.29 is 4.79 Å². The molecule has 2 heterocycles. The molecular formula is C16H24N2OS. The van der Waals surface area contributed by atoms with Gasteiger partial charge in [0.15, 0.2) is 0 Å². The van der Waals surface area contributed by atoms with E-state index >= 15 is 0 Å². The lowest BCUT2D eigenvalue weighted by Gasteiger charge is -2.37. The molecule has 1 amide bonds. The molecule has 0 bridgehead atoms. The fourth-order valence-electron chi connectivity index (χ4n) is 3.67. The number of nitrogens with zero attached hydrogens (tertiary/aromatic N) is 1. The Hall–Kier alpha value is -0.870. The highest BCUT2D eigenvalue weighted by molar-refractivity contribution is 7.07. The van der Waals surface area contributed by atoms with E-state index in [0.717, 1.165) is 25.2 Å². The molecule has 0 spiro atoms. The molecule has 4 heteroatoms. The molecule has 1 aliphatic carbocycles. The first-order chi connectivity index (χ1) is 9.70. The Labute approximate surface area is 125 Å². The van der Waals surface area contributed by atoms with Crippen molar-refractivity contribution in [2.75, 3.05) is 0 Å². The highest BCUT2D eigenvalue weighted by Gasteiger charge is 2.43. The number of amides is 1. The van der Waals surface area contributed by atoms with Gasteiger partial charge in [-0.3, -0.25) is 10.1 Å². The second kappa shape index (κ2) is 5.86. The van der Waals surface area contributed by atoms with Crippen LogP contribution >= 0.6 is 11.3 Å². The average molecular weight is 292 g/mol. The number of rotatable bonds is 3. The number of nitrogens with one attached hydrogen (secondary N) is 1. The van der Waals surface area contributed by atoms with Gasteiger partial charge in [0.25, 0.3) is 0 Å². The monoisotopic (exact) mass is 292 g/mol. The van der Waals surface area contributed by atoms with E-state index in [1.165, 1.54) is 18.4 Å². The molecule has 2 fully saturated rings. The van der Waals surface area contributed by atoms with Gasteiger partial charge in [0.05, 0.1) is 6.04 Å². The first-order valence-corrected chi connectivity index (χ1v) is 8.75. The van der Waals surface area contributed by atoms with Crippen LogP contribution in [-0.2, 0) is 4.79 Å². The van der Waals surface area contributed by atoms with E-state index in [1.807, 2.05) is 0 Å². The van der Waals surface area contributed by atoms with Crippen molar-refractivity contribution >= 4 is 17.2 Å². The second-order valence-corrected chi connectivity index (χ2v) is 7.04. The van der Waals surface area contributed by atoms with Gasteiger partial charge in [0.1, 0.15) is 6.17 Å². The van der Waals surface area contributed by atoms with Gasteiger partial charge in [0, 0.05) is 6.04 Å². The Morgan fingerprint density at radius 3 is 2.95 bits per heavy atom. The van der Waals surface area contributed by atoms with E-state index in [1.54, 1.807) is 11.3 Å². The molecule has 1 aromatic rings. The van der Waals surface area contributed by atoms with Crippen LogP contribution in [0.3, 0.4) is 0 Å². The first kappa shape index (κ1) is 14.1. The number of thiophene rings is 1. The number of hydrogen-bond acceptors (Lipinski definition) is 3. The van der Waals surface area contributed by atoms with Crippen LogP contribution < -0.4 is 5.32 Å². The molecule has 4 unspecified atom stereocenters. The summed E-state index contributed by atoms with van der Waals surface area (Å²) in [7, 11) is 0. The molecule has 1 aliphatic heterocycles. The highest BCUT2D eigenvalue weighted by atomic mass is 32.1. The van der Waals surface area contributed by atoms with E-state index in [0.29, 0.717) is 11.9 Å². The largest absolute Gasteiger partial charge is 0.319 e. The van der Waals surface area contributed by atoms with Crippen LogP contribution in [0.5, 0.6) is 0 Å². The summed E-state index contributed by atoms with van der Waals surface area (Å²) in [5.74, 6) is 1.05. The molecule has 3 rings (SSSR count). The summed E-state index contributed by atoms with van der Waals surface area (Å²) in [4.78, 5) is 14.9. The zero-order valence-corrected chi connectivity index (χ0v) is 13.2. The van der Waals surface area contributed by atoms with Crippen molar-refractivity contribution in [3.63, 3.8) is 0 Å². The van der Waals surface area contributed by atoms with Gasteiger partial charge in [-0.1, -0.05) is 26.7 Å².